The first kappa shape index (κ1) is 18.1. The number of likely N-dealkylation sites (tertiary alicyclic amines) is 1. The molecule has 0 aliphatic carbocycles. The first-order valence-corrected chi connectivity index (χ1v) is 10.0. The Hall–Kier alpha value is -3.00. The van der Waals surface area contributed by atoms with Crippen LogP contribution in [0.25, 0.3) is 22.4 Å². The fourth-order valence-corrected chi connectivity index (χ4v) is 4.22. The van der Waals surface area contributed by atoms with E-state index in [1.54, 1.807) is 11.1 Å². The van der Waals surface area contributed by atoms with Crippen molar-refractivity contribution in [3.05, 3.63) is 36.3 Å². The number of ether oxygens (including phenoxy) is 1. The molecule has 8 heteroatoms. The second kappa shape index (κ2) is 7.11. The van der Waals surface area contributed by atoms with Crippen molar-refractivity contribution in [1.82, 2.24) is 24.8 Å². The lowest BCUT2D eigenvalue weighted by molar-refractivity contribution is -0.127. The minimum atomic E-state index is -0.222. The molecule has 2 aliphatic rings. The molecule has 5 heterocycles. The number of aromatic nitrogens is 4. The van der Waals surface area contributed by atoms with Crippen LogP contribution in [-0.2, 0) is 9.53 Å². The van der Waals surface area contributed by atoms with Crippen molar-refractivity contribution in [2.75, 3.05) is 38.3 Å². The van der Waals surface area contributed by atoms with E-state index in [9.17, 15) is 4.79 Å². The van der Waals surface area contributed by atoms with E-state index in [0.717, 1.165) is 47.6 Å². The predicted octanol–water partition coefficient (Wildman–Crippen LogP) is 2.19. The van der Waals surface area contributed by atoms with Crippen molar-refractivity contribution in [1.29, 1.82) is 0 Å². The SMILES string of the molecule is C[C@@H]1COCCN1c1cc(C2CCN(C)C2=O)nc(-c2ccnc3[nH]ccc23)n1. The number of hydrogen-bond acceptors (Lipinski definition) is 6. The van der Waals surface area contributed by atoms with Crippen molar-refractivity contribution >= 4 is 22.8 Å². The van der Waals surface area contributed by atoms with Crippen LogP contribution in [0.1, 0.15) is 25.0 Å². The number of rotatable bonds is 3. The molecule has 1 amide bonds. The fourth-order valence-electron chi connectivity index (χ4n) is 4.22. The predicted molar refractivity (Wildman–Crippen MR) is 110 cm³/mol. The topological polar surface area (TPSA) is 87.2 Å². The summed E-state index contributed by atoms with van der Waals surface area (Å²) in [5, 5.41) is 0.973. The van der Waals surface area contributed by atoms with Gasteiger partial charge in [-0.3, -0.25) is 4.79 Å². The van der Waals surface area contributed by atoms with Gasteiger partial charge in [0.25, 0.3) is 0 Å². The van der Waals surface area contributed by atoms with Crippen LogP contribution in [0.3, 0.4) is 0 Å². The molecule has 2 saturated heterocycles. The van der Waals surface area contributed by atoms with Crippen LogP contribution in [0.5, 0.6) is 0 Å². The number of nitrogens with one attached hydrogen (secondary N) is 1. The van der Waals surface area contributed by atoms with Gasteiger partial charge >= 0.3 is 0 Å². The lowest BCUT2D eigenvalue weighted by Gasteiger charge is -2.34. The first-order chi connectivity index (χ1) is 14.1. The van der Waals surface area contributed by atoms with Gasteiger partial charge in [0.2, 0.25) is 5.91 Å². The van der Waals surface area contributed by atoms with Crippen LogP contribution in [0.4, 0.5) is 5.82 Å². The fraction of sp³-hybridized carbons (Fsp3) is 0.429. The third-order valence-corrected chi connectivity index (χ3v) is 5.88. The Bertz CT molecular complexity index is 1060. The zero-order valence-corrected chi connectivity index (χ0v) is 16.6. The normalized spacial score (nSPS) is 22.6. The van der Waals surface area contributed by atoms with Gasteiger partial charge in [0.15, 0.2) is 5.82 Å². The molecule has 150 valence electrons. The van der Waals surface area contributed by atoms with Crippen LogP contribution >= 0.6 is 0 Å². The number of morpholine rings is 1. The van der Waals surface area contributed by atoms with E-state index < -0.39 is 0 Å². The monoisotopic (exact) mass is 392 g/mol. The number of nitrogens with zero attached hydrogens (tertiary/aromatic N) is 5. The molecule has 0 aromatic carbocycles. The molecule has 2 aliphatic heterocycles. The summed E-state index contributed by atoms with van der Waals surface area (Å²) in [5.41, 5.74) is 2.51. The smallest absolute Gasteiger partial charge is 0.231 e. The maximum Gasteiger partial charge on any atom is 0.231 e. The van der Waals surface area contributed by atoms with E-state index in [2.05, 4.69) is 21.8 Å². The molecule has 1 unspecified atom stereocenters. The van der Waals surface area contributed by atoms with E-state index in [4.69, 9.17) is 14.7 Å². The average Bonchev–Trinajstić information content (AvgIpc) is 3.35. The number of carbonyl (C=O) groups excluding carboxylic acids is 1. The Morgan fingerprint density at radius 1 is 1.24 bits per heavy atom. The molecule has 0 spiro atoms. The lowest BCUT2D eigenvalue weighted by atomic mass is 10.0. The van der Waals surface area contributed by atoms with Crippen molar-refractivity contribution in [2.24, 2.45) is 0 Å². The van der Waals surface area contributed by atoms with Crippen LogP contribution in [0.15, 0.2) is 30.6 Å². The highest BCUT2D eigenvalue weighted by molar-refractivity contribution is 5.91. The molecule has 3 aromatic rings. The van der Waals surface area contributed by atoms with Crippen molar-refractivity contribution < 1.29 is 9.53 Å². The minimum Gasteiger partial charge on any atom is -0.377 e. The Kier molecular flexibility index (Phi) is 4.43. The van der Waals surface area contributed by atoms with E-state index >= 15 is 0 Å². The second-order valence-corrected chi connectivity index (χ2v) is 7.79. The maximum atomic E-state index is 12.7. The number of aromatic amines is 1. The molecule has 0 saturated carbocycles. The van der Waals surface area contributed by atoms with Gasteiger partial charge < -0.3 is 19.5 Å². The molecule has 2 atom stereocenters. The number of pyridine rings is 1. The summed E-state index contributed by atoms with van der Waals surface area (Å²) in [7, 11) is 1.85. The standard InChI is InChI=1S/C21H24N6O2/c1-13-12-29-10-9-27(13)18-11-17(16-5-8-26(2)21(16)28)24-20(25-18)15-4-7-23-19-14(15)3-6-22-19/h3-4,6-7,11,13,16H,5,8-10,12H2,1-2H3,(H,22,23)/t13-,16?/m1/s1. The summed E-state index contributed by atoms with van der Waals surface area (Å²) in [5.74, 6) is 1.38. The number of amides is 1. The van der Waals surface area contributed by atoms with Crippen LogP contribution in [0.2, 0.25) is 0 Å². The third kappa shape index (κ3) is 3.13. The van der Waals surface area contributed by atoms with Crippen LogP contribution in [-0.4, -0.2) is 70.1 Å². The molecule has 0 bridgehead atoms. The summed E-state index contributed by atoms with van der Waals surface area (Å²) in [6, 6.07) is 6.12. The highest BCUT2D eigenvalue weighted by Crippen LogP contribution is 2.32. The van der Waals surface area contributed by atoms with Crippen LogP contribution < -0.4 is 4.90 Å². The zero-order valence-electron chi connectivity index (χ0n) is 16.6. The number of likely N-dealkylation sites (N-methyl/N-ethyl adjacent to an activating group) is 1. The summed E-state index contributed by atoms with van der Waals surface area (Å²) in [4.78, 5) is 34.0. The molecule has 0 radical (unpaired) electrons. The molecular weight excluding hydrogens is 368 g/mol. The zero-order chi connectivity index (χ0) is 20.0. The lowest BCUT2D eigenvalue weighted by Crippen LogP contribution is -2.44. The molecule has 2 fully saturated rings. The number of fused-ring (bicyclic) bond motifs is 1. The van der Waals surface area contributed by atoms with Crippen molar-refractivity contribution in [3.8, 4) is 11.4 Å². The Balaban J connectivity index is 1.66. The van der Waals surface area contributed by atoms with Gasteiger partial charge in [-0.1, -0.05) is 0 Å². The number of carbonyl (C=O) groups is 1. The number of H-pyrrole nitrogens is 1. The van der Waals surface area contributed by atoms with Gasteiger partial charge in [-0.05, 0) is 25.5 Å². The number of hydrogen-bond donors (Lipinski definition) is 1. The Morgan fingerprint density at radius 3 is 2.93 bits per heavy atom. The highest BCUT2D eigenvalue weighted by Gasteiger charge is 2.33. The summed E-state index contributed by atoms with van der Waals surface area (Å²) >= 11 is 0. The molecule has 3 aromatic heterocycles. The molecule has 8 nitrogen and oxygen atoms in total. The van der Waals surface area contributed by atoms with E-state index in [1.165, 1.54) is 0 Å². The molecule has 29 heavy (non-hydrogen) atoms. The molecule has 5 rings (SSSR count). The van der Waals surface area contributed by atoms with Gasteiger partial charge in [-0.15, -0.1) is 0 Å². The van der Waals surface area contributed by atoms with Gasteiger partial charge in [0, 0.05) is 49.5 Å². The van der Waals surface area contributed by atoms with Crippen molar-refractivity contribution in [2.45, 2.75) is 25.3 Å². The summed E-state index contributed by atoms with van der Waals surface area (Å²) in [6.07, 6.45) is 4.40. The maximum absolute atomic E-state index is 12.7. The van der Waals surface area contributed by atoms with Gasteiger partial charge in [-0.2, -0.15) is 0 Å². The van der Waals surface area contributed by atoms with E-state index in [1.807, 2.05) is 31.4 Å². The first-order valence-electron chi connectivity index (χ1n) is 10.0. The largest absolute Gasteiger partial charge is 0.377 e. The Labute approximate surface area is 168 Å². The summed E-state index contributed by atoms with van der Waals surface area (Å²) < 4.78 is 5.60. The Morgan fingerprint density at radius 2 is 2.14 bits per heavy atom. The van der Waals surface area contributed by atoms with Gasteiger partial charge in [-0.25, -0.2) is 15.0 Å². The van der Waals surface area contributed by atoms with Crippen molar-refractivity contribution in [3.63, 3.8) is 0 Å². The minimum absolute atomic E-state index is 0.122. The summed E-state index contributed by atoms with van der Waals surface area (Å²) in [6.45, 7) is 4.99. The molecular formula is C21H24N6O2. The van der Waals surface area contributed by atoms with Gasteiger partial charge in [0.1, 0.15) is 11.5 Å². The number of anilines is 1. The van der Waals surface area contributed by atoms with E-state index in [-0.39, 0.29) is 17.9 Å². The van der Waals surface area contributed by atoms with Gasteiger partial charge in [0.05, 0.1) is 30.9 Å². The highest BCUT2D eigenvalue weighted by atomic mass is 16.5. The molecule has 1 N–H and O–H groups in total. The average molecular weight is 392 g/mol. The van der Waals surface area contributed by atoms with E-state index in [0.29, 0.717) is 19.0 Å². The second-order valence-electron chi connectivity index (χ2n) is 7.79. The van der Waals surface area contributed by atoms with Crippen LogP contribution in [0, 0.1) is 0 Å². The third-order valence-electron chi connectivity index (χ3n) is 5.88. The quantitative estimate of drug-likeness (QED) is 0.735.